The van der Waals surface area contributed by atoms with Gasteiger partial charge in [-0.2, -0.15) is 0 Å². The monoisotopic (exact) mass is 320 g/mol. The summed E-state index contributed by atoms with van der Waals surface area (Å²) in [6.07, 6.45) is 15.6. The van der Waals surface area contributed by atoms with Gasteiger partial charge in [0.05, 0.1) is 0 Å². The molecule has 23 heavy (non-hydrogen) atoms. The first-order valence-electron chi connectivity index (χ1n) is 9.90. The Morgan fingerprint density at radius 1 is 0.783 bits per heavy atom. The third-order valence-electron chi connectivity index (χ3n) is 5.96. The molecule has 0 aromatic heterocycles. The molecule has 1 heterocycles. The Bertz CT molecular complexity index is 394. The predicted molar refractivity (Wildman–Crippen MR) is 91.2 cm³/mol. The smallest absolute Gasteiger partial charge is 0.318 e. The molecule has 0 N–H and O–H groups in total. The van der Waals surface area contributed by atoms with E-state index in [1.807, 2.05) is 0 Å². The first-order chi connectivity index (χ1) is 11.3. The van der Waals surface area contributed by atoms with Gasteiger partial charge in [0.2, 0.25) is 5.91 Å². The maximum absolute atomic E-state index is 13.3. The van der Waals surface area contributed by atoms with Crippen molar-refractivity contribution in [3.8, 4) is 0 Å². The Kier molecular flexibility index (Phi) is 5.96. The van der Waals surface area contributed by atoms with E-state index in [9.17, 15) is 9.59 Å². The van der Waals surface area contributed by atoms with Crippen molar-refractivity contribution in [2.24, 2.45) is 0 Å². The fourth-order valence-electron chi connectivity index (χ4n) is 4.65. The molecule has 2 aliphatic carbocycles. The molecular formula is C19H32N2O2. The van der Waals surface area contributed by atoms with Crippen molar-refractivity contribution in [3.05, 3.63) is 0 Å². The van der Waals surface area contributed by atoms with Crippen molar-refractivity contribution in [3.63, 3.8) is 0 Å². The van der Waals surface area contributed by atoms with Gasteiger partial charge in [0.15, 0.2) is 0 Å². The minimum Gasteiger partial charge on any atom is -0.318 e. The Morgan fingerprint density at radius 3 is 1.87 bits per heavy atom. The van der Waals surface area contributed by atoms with E-state index in [1.165, 1.54) is 38.5 Å². The van der Waals surface area contributed by atoms with Crippen molar-refractivity contribution in [2.45, 2.75) is 102 Å². The fourth-order valence-corrected chi connectivity index (χ4v) is 4.65. The summed E-state index contributed by atoms with van der Waals surface area (Å²) in [5, 5.41) is 0. The minimum absolute atomic E-state index is 0.0377. The van der Waals surface area contributed by atoms with Crippen LogP contribution in [0.2, 0.25) is 0 Å². The highest BCUT2D eigenvalue weighted by Crippen LogP contribution is 2.31. The molecule has 4 heteroatoms. The summed E-state index contributed by atoms with van der Waals surface area (Å²) in [5.74, 6) is 0.0594. The lowest BCUT2D eigenvalue weighted by atomic mass is 9.89. The molecule has 0 unspecified atom stereocenters. The molecule has 130 valence electrons. The largest absolute Gasteiger partial charge is 0.327 e. The van der Waals surface area contributed by atoms with Crippen molar-refractivity contribution in [2.75, 3.05) is 6.54 Å². The highest BCUT2D eigenvalue weighted by Gasteiger charge is 2.36. The van der Waals surface area contributed by atoms with Crippen molar-refractivity contribution in [1.29, 1.82) is 0 Å². The number of carbonyl (C=O) groups excluding carboxylic acids is 2. The van der Waals surface area contributed by atoms with E-state index in [0.717, 1.165) is 44.9 Å². The van der Waals surface area contributed by atoms with Crippen LogP contribution in [0.1, 0.15) is 89.9 Å². The molecule has 4 nitrogen and oxygen atoms in total. The average Bonchev–Trinajstić information content (AvgIpc) is 2.81. The van der Waals surface area contributed by atoms with Gasteiger partial charge in [0.1, 0.15) is 0 Å². The molecule has 3 amide bonds. The van der Waals surface area contributed by atoms with Gasteiger partial charge in [-0.25, -0.2) is 4.79 Å². The zero-order valence-corrected chi connectivity index (χ0v) is 14.5. The second kappa shape index (κ2) is 8.16. The van der Waals surface area contributed by atoms with Crippen LogP contribution in [0.25, 0.3) is 0 Å². The fraction of sp³-hybridized carbons (Fsp3) is 0.895. The molecule has 0 aromatic carbocycles. The van der Waals surface area contributed by atoms with Crippen molar-refractivity contribution in [1.82, 2.24) is 9.80 Å². The van der Waals surface area contributed by atoms with E-state index in [-0.39, 0.29) is 11.9 Å². The Labute approximate surface area is 140 Å². The van der Waals surface area contributed by atoms with Gasteiger partial charge in [-0.05, 0) is 38.5 Å². The Balaban J connectivity index is 1.77. The molecule has 2 saturated carbocycles. The SMILES string of the molecule is O=C1CCCCCN1C(=O)N(C1CCCCC1)C1CCCCC1. The maximum Gasteiger partial charge on any atom is 0.327 e. The van der Waals surface area contributed by atoms with Crippen LogP contribution in [0.5, 0.6) is 0 Å². The molecule has 0 aromatic rings. The summed E-state index contributed by atoms with van der Waals surface area (Å²) in [5.41, 5.74) is 0. The van der Waals surface area contributed by atoms with Crippen LogP contribution in [0.15, 0.2) is 0 Å². The van der Waals surface area contributed by atoms with Crippen molar-refractivity contribution >= 4 is 11.9 Å². The highest BCUT2D eigenvalue weighted by atomic mass is 16.2. The van der Waals surface area contributed by atoms with Crippen LogP contribution in [0.4, 0.5) is 4.79 Å². The number of likely N-dealkylation sites (tertiary alicyclic amines) is 1. The number of amides is 3. The zero-order valence-electron chi connectivity index (χ0n) is 14.5. The lowest BCUT2D eigenvalue weighted by molar-refractivity contribution is -0.128. The van der Waals surface area contributed by atoms with Crippen LogP contribution in [-0.4, -0.2) is 40.4 Å². The number of carbonyl (C=O) groups is 2. The molecule has 0 spiro atoms. The standard InChI is InChI=1S/C19H32N2O2/c22-18-14-8-3-9-15-20(18)19(23)21(16-10-4-1-5-11-16)17-12-6-2-7-13-17/h16-17H,1-15H2. The summed E-state index contributed by atoms with van der Waals surface area (Å²) >= 11 is 0. The van der Waals surface area contributed by atoms with E-state index in [2.05, 4.69) is 4.90 Å². The van der Waals surface area contributed by atoms with E-state index >= 15 is 0 Å². The zero-order chi connectivity index (χ0) is 16.1. The topological polar surface area (TPSA) is 40.6 Å². The van der Waals surface area contributed by atoms with Gasteiger partial charge in [0.25, 0.3) is 0 Å². The summed E-state index contributed by atoms with van der Waals surface area (Å²) in [6, 6.07) is 0.779. The average molecular weight is 320 g/mol. The number of nitrogens with zero attached hydrogens (tertiary/aromatic N) is 2. The molecule has 3 rings (SSSR count). The molecule has 3 aliphatic rings. The summed E-state index contributed by atoms with van der Waals surface area (Å²) < 4.78 is 0. The first kappa shape index (κ1) is 16.8. The number of rotatable bonds is 2. The predicted octanol–water partition coefficient (Wildman–Crippen LogP) is 4.48. The lowest BCUT2D eigenvalue weighted by Crippen LogP contribution is -2.55. The molecular weight excluding hydrogens is 288 g/mol. The second-order valence-electron chi connectivity index (χ2n) is 7.63. The minimum atomic E-state index is 0.0377. The Morgan fingerprint density at radius 2 is 1.30 bits per heavy atom. The maximum atomic E-state index is 13.3. The van der Waals surface area contributed by atoms with Crippen LogP contribution >= 0.6 is 0 Å². The van der Waals surface area contributed by atoms with Crippen LogP contribution in [-0.2, 0) is 4.79 Å². The van der Waals surface area contributed by atoms with Gasteiger partial charge in [0, 0.05) is 25.0 Å². The van der Waals surface area contributed by atoms with Crippen LogP contribution < -0.4 is 0 Å². The quantitative estimate of drug-likeness (QED) is 0.753. The molecule has 0 bridgehead atoms. The summed E-state index contributed by atoms with van der Waals surface area (Å²) in [6.45, 7) is 0.633. The molecule has 1 saturated heterocycles. The van der Waals surface area contributed by atoms with Crippen molar-refractivity contribution < 1.29 is 9.59 Å². The van der Waals surface area contributed by atoms with Gasteiger partial charge in [-0.3, -0.25) is 9.69 Å². The number of imide groups is 1. The van der Waals surface area contributed by atoms with E-state index in [4.69, 9.17) is 0 Å². The number of hydrogen-bond donors (Lipinski definition) is 0. The van der Waals surface area contributed by atoms with Gasteiger partial charge in [-0.1, -0.05) is 44.9 Å². The molecule has 0 atom stereocenters. The first-order valence-corrected chi connectivity index (χ1v) is 9.90. The summed E-state index contributed by atoms with van der Waals surface area (Å²) in [4.78, 5) is 29.5. The number of urea groups is 1. The summed E-state index contributed by atoms with van der Waals surface area (Å²) in [7, 11) is 0. The van der Waals surface area contributed by atoms with Gasteiger partial charge >= 0.3 is 6.03 Å². The normalized spacial score (nSPS) is 25.2. The van der Waals surface area contributed by atoms with E-state index < -0.39 is 0 Å². The van der Waals surface area contributed by atoms with E-state index in [1.54, 1.807) is 4.90 Å². The Hall–Kier alpha value is -1.06. The lowest BCUT2D eigenvalue weighted by Gasteiger charge is -2.43. The number of hydrogen-bond acceptors (Lipinski definition) is 2. The second-order valence-corrected chi connectivity index (χ2v) is 7.63. The molecule has 0 radical (unpaired) electrons. The molecule has 3 fully saturated rings. The van der Waals surface area contributed by atoms with Crippen LogP contribution in [0.3, 0.4) is 0 Å². The van der Waals surface area contributed by atoms with E-state index in [0.29, 0.717) is 25.0 Å². The van der Waals surface area contributed by atoms with Gasteiger partial charge in [-0.15, -0.1) is 0 Å². The third kappa shape index (κ3) is 4.07. The van der Waals surface area contributed by atoms with Crippen LogP contribution in [0, 0.1) is 0 Å². The van der Waals surface area contributed by atoms with Gasteiger partial charge < -0.3 is 4.90 Å². The third-order valence-corrected chi connectivity index (χ3v) is 5.96. The molecule has 1 aliphatic heterocycles. The highest BCUT2D eigenvalue weighted by molar-refractivity contribution is 5.94.